The monoisotopic (exact) mass is 360 g/mol. The first kappa shape index (κ1) is 19.9. The molecule has 2 unspecified atom stereocenters. The lowest BCUT2D eigenvalue weighted by Crippen LogP contribution is -2.46. The number of amides is 2. The Balaban J connectivity index is 1.96. The predicted octanol–water partition coefficient (Wildman–Crippen LogP) is 2.45. The van der Waals surface area contributed by atoms with Gasteiger partial charge in [-0.25, -0.2) is 0 Å². The number of aryl methyl sites for hydroxylation is 1. The summed E-state index contributed by atoms with van der Waals surface area (Å²) in [6.45, 7) is 9.46. The van der Waals surface area contributed by atoms with E-state index in [1.807, 2.05) is 45.0 Å². The van der Waals surface area contributed by atoms with Crippen LogP contribution in [0.25, 0.3) is 0 Å². The summed E-state index contributed by atoms with van der Waals surface area (Å²) in [5, 5.41) is 2.78. The third-order valence-electron chi connectivity index (χ3n) is 4.27. The normalized spacial score (nSPS) is 18.6. The van der Waals surface area contributed by atoms with Crippen LogP contribution in [0.5, 0.6) is 0 Å². The molecule has 0 spiro atoms. The quantitative estimate of drug-likeness (QED) is 0.819. The molecule has 1 aliphatic heterocycles. The summed E-state index contributed by atoms with van der Waals surface area (Å²) in [5.74, 6) is -1.52. The van der Waals surface area contributed by atoms with Crippen LogP contribution in [-0.2, 0) is 25.5 Å². The molecule has 1 heterocycles. The Morgan fingerprint density at radius 1 is 1.27 bits per heavy atom. The second kappa shape index (κ2) is 7.89. The summed E-state index contributed by atoms with van der Waals surface area (Å²) in [4.78, 5) is 38.3. The molecule has 0 saturated carbocycles. The van der Waals surface area contributed by atoms with Gasteiger partial charge < -0.3 is 15.0 Å². The standard InChI is InChI=1S/C20H28N2O4/c1-6-14-7-9-16(10-8-14)22-12-15(11-17(22)23)19(25)26-13(2)18(24)21-20(3,4)5/h7-10,13,15H,6,11-12H2,1-5H3,(H,21,24). The maximum atomic E-state index is 12.4. The number of nitrogens with one attached hydrogen (secondary N) is 1. The summed E-state index contributed by atoms with van der Waals surface area (Å²) < 4.78 is 5.28. The summed E-state index contributed by atoms with van der Waals surface area (Å²) in [5.41, 5.74) is 1.57. The molecule has 0 aliphatic carbocycles. The highest BCUT2D eigenvalue weighted by Crippen LogP contribution is 2.26. The molecule has 1 aromatic carbocycles. The number of rotatable bonds is 5. The van der Waals surface area contributed by atoms with Crippen molar-refractivity contribution in [1.82, 2.24) is 5.32 Å². The van der Waals surface area contributed by atoms with Crippen LogP contribution in [-0.4, -0.2) is 36.0 Å². The van der Waals surface area contributed by atoms with Gasteiger partial charge in [-0.1, -0.05) is 19.1 Å². The van der Waals surface area contributed by atoms with Crippen LogP contribution in [0.1, 0.15) is 46.6 Å². The average molecular weight is 360 g/mol. The maximum absolute atomic E-state index is 12.4. The molecule has 0 aromatic heterocycles. The van der Waals surface area contributed by atoms with Crippen LogP contribution >= 0.6 is 0 Å². The van der Waals surface area contributed by atoms with Crippen LogP contribution in [0.4, 0.5) is 5.69 Å². The first-order valence-electron chi connectivity index (χ1n) is 9.02. The van der Waals surface area contributed by atoms with Crippen molar-refractivity contribution in [3.05, 3.63) is 29.8 Å². The molecule has 6 nitrogen and oxygen atoms in total. The summed E-state index contributed by atoms with van der Waals surface area (Å²) in [7, 11) is 0. The Morgan fingerprint density at radius 2 is 1.88 bits per heavy atom. The minimum atomic E-state index is -0.894. The first-order valence-corrected chi connectivity index (χ1v) is 9.02. The fourth-order valence-electron chi connectivity index (χ4n) is 2.82. The van der Waals surface area contributed by atoms with Crippen LogP contribution in [0.3, 0.4) is 0 Å². The zero-order chi connectivity index (χ0) is 19.5. The highest BCUT2D eigenvalue weighted by molar-refractivity contribution is 5.99. The van der Waals surface area contributed by atoms with Gasteiger partial charge in [0.05, 0.1) is 5.92 Å². The fraction of sp³-hybridized carbons (Fsp3) is 0.550. The number of anilines is 1. The SMILES string of the molecule is CCc1ccc(N2CC(C(=O)OC(C)C(=O)NC(C)(C)C)CC2=O)cc1. The molecular weight excluding hydrogens is 332 g/mol. The Kier molecular flexibility index (Phi) is 6.05. The van der Waals surface area contributed by atoms with Gasteiger partial charge in [0.2, 0.25) is 5.91 Å². The topological polar surface area (TPSA) is 75.7 Å². The smallest absolute Gasteiger partial charge is 0.312 e. The van der Waals surface area contributed by atoms with Gasteiger partial charge in [0, 0.05) is 24.2 Å². The third kappa shape index (κ3) is 5.07. The van der Waals surface area contributed by atoms with Crippen molar-refractivity contribution in [3.8, 4) is 0 Å². The molecule has 2 amide bonds. The predicted molar refractivity (Wildman–Crippen MR) is 99.7 cm³/mol. The van der Waals surface area contributed by atoms with Crippen molar-refractivity contribution >= 4 is 23.5 Å². The molecule has 0 bridgehead atoms. The molecule has 6 heteroatoms. The van der Waals surface area contributed by atoms with E-state index in [0.29, 0.717) is 0 Å². The van der Waals surface area contributed by atoms with Gasteiger partial charge in [0.25, 0.3) is 5.91 Å². The molecule has 26 heavy (non-hydrogen) atoms. The van der Waals surface area contributed by atoms with E-state index in [4.69, 9.17) is 4.74 Å². The third-order valence-corrected chi connectivity index (χ3v) is 4.27. The Bertz CT molecular complexity index is 676. The molecule has 1 saturated heterocycles. The van der Waals surface area contributed by atoms with Crippen molar-refractivity contribution in [1.29, 1.82) is 0 Å². The number of hydrogen-bond donors (Lipinski definition) is 1. The lowest BCUT2D eigenvalue weighted by atomic mass is 10.1. The maximum Gasteiger partial charge on any atom is 0.312 e. The van der Waals surface area contributed by atoms with Crippen LogP contribution in [0, 0.1) is 5.92 Å². The van der Waals surface area contributed by atoms with E-state index in [0.717, 1.165) is 12.1 Å². The molecule has 1 aliphatic rings. The van der Waals surface area contributed by atoms with E-state index in [-0.39, 0.29) is 24.8 Å². The van der Waals surface area contributed by atoms with E-state index in [9.17, 15) is 14.4 Å². The van der Waals surface area contributed by atoms with E-state index in [1.165, 1.54) is 12.5 Å². The average Bonchev–Trinajstić information content (AvgIpc) is 2.95. The number of benzene rings is 1. The number of ether oxygens (including phenoxy) is 1. The van der Waals surface area contributed by atoms with Crippen molar-refractivity contribution in [2.45, 2.75) is 59.1 Å². The van der Waals surface area contributed by atoms with Gasteiger partial charge in [0.15, 0.2) is 6.10 Å². The lowest BCUT2D eigenvalue weighted by molar-refractivity contribution is -0.158. The van der Waals surface area contributed by atoms with Crippen molar-refractivity contribution in [3.63, 3.8) is 0 Å². The zero-order valence-electron chi connectivity index (χ0n) is 16.2. The second-order valence-corrected chi connectivity index (χ2v) is 7.74. The van der Waals surface area contributed by atoms with Gasteiger partial charge in [-0.05, 0) is 51.8 Å². The number of nitrogens with zero attached hydrogens (tertiary/aromatic N) is 1. The molecule has 0 radical (unpaired) electrons. The van der Waals surface area contributed by atoms with Crippen molar-refractivity contribution < 1.29 is 19.1 Å². The van der Waals surface area contributed by atoms with E-state index < -0.39 is 23.5 Å². The van der Waals surface area contributed by atoms with Crippen LogP contribution in [0.2, 0.25) is 0 Å². The van der Waals surface area contributed by atoms with Gasteiger partial charge in [0.1, 0.15) is 0 Å². The Labute approximate surface area is 154 Å². The highest BCUT2D eigenvalue weighted by atomic mass is 16.5. The lowest BCUT2D eigenvalue weighted by Gasteiger charge is -2.23. The highest BCUT2D eigenvalue weighted by Gasteiger charge is 2.37. The number of carbonyl (C=O) groups excluding carboxylic acids is 3. The van der Waals surface area contributed by atoms with E-state index in [2.05, 4.69) is 12.2 Å². The first-order chi connectivity index (χ1) is 12.1. The minimum absolute atomic E-state index is 0.0992. The summed E-state index contributed by atoms with van der Waals surface area (Å²) in [6.07, 6.45) is 0.134. The molecule has 1 fully saturated rings. The van der Waals surface area contributed by atoms with E-state index in [1.54, 1.807) is 4.90 Å². The van der Waals surface area contributed by atoms with Gasteiger partial charge in [-0.2, -0.15) is 0 Å². The van der Waals surface area contributed by atoms with Gasteiger partial charge in [-0.15, -0.1) is 0 Å². The largest absolute Gasteiger partial charge is 0.452 e. The number of esters is 1. The summed E-state index contributed by atoms with van der Waals surface area (Å²) in [6, 6.07) is 7.74. The van der Waals surface area contributed by atoms with Crippen LogP contribution in [0.15, 0.2) is 24.3 Å². The minimum Gasteiger partial charge on any atom is -0.452 e. The fourth-order valence-corrected chi connectivity index (χ4v) is 2.82. The Hall–Kier alpha value is -2.37. The van der Waals surface area contributed by atoms with Crippen LogP contribution < -0.4 is 10.2 Å². The number of carbonyl (C=O) groups is 3. The summed E-state index contributed by atoms with van der Waals surface area (Å²) >= 11 is 0. The molecule has 1 N–H and O–H groups in total. The molecule has 2 atom stereocenters. The molecule has 142 valence electrons. The van der Waals surface area contributed by atoms with Crippen molar-refractivity contribution in [2.75, 3.05) is 11.4 Å². The zero-order valence-corrected chi connectivity index (χ0v) is 16.2. The number of hydrogen-bond acceptors (Lipinski definition) is 4. The van der Waals surface area contributed by atoms with Crippen molar-refractivity contribution in [2.24, 2.45) is 5.92 Å². The van der Waals surface area contributed by atoms with E-state index >= 15 is 0 Å². The molecule has 1 aromatic rings. The Morgan fingerprint density at radius 3 is 2.42 bits per heavy atom. The van der Waals surface area contributed by atoms with Gasteiger partial charge >= 0.3 is 5.97 Å². The molecular formula is C20H28N2O4. The van der Waals surface area contributed by atoms with Gasteiger partial charge in [-0.3, -0.25) is 14.4 Å². The second-order valence-electron chi connectivity index (χ2n) is 7.74. The molecule has 2 rings (SSSR count).